The summed E-state index contributed by atoms with van der Waals surface area (Å²) in [7, 11) is 0. The van der Waals surface area contributed by atoms with Crippen molar-refractivity contribution in [3.63, 3.8) is 0 Å². The Bertz CT molecular complexity index is 491. The van der Waals surface area contributed by atoms with Gasteiger partial charge in [-0.2, -0.15) is 0 Å². The lowest BCUT2D eigenvalue weighted by atomic mass is 10.0. The molecule has 1 N–H and O–H groups in total. The Hall–Kier alpha value is -1.13. The molecule has 0 aliphatic carbocycles. The highest BCUT2D eigenvalue weighted by atomic mass is 35.5. The summed E-state index contributed by atoms with van der Waals surface area (Å²) < 4.78 is 13.3. The van der Waals surface area contributed by atoms with E-state index in [9.17, 15) is 9.18 Å². The standard InChI is InChI=1S/C16H21FN2O.ClH/c17-14-4-1-3-12(9-14)10-15-5-2-8-19(15)16(20)13-6-7-18-11-13;/h1,3-4,9,13,15,18H,2,5-8,10-11H2;1H. The number of carbonyl (C=O) groups excluding carboxylic acids is 1. The number of likely N-dealkylation sites (tertiary alicyclic amines) is 1. The second-order valence-corrected chi connectivity index (χ2v) is 5.85. The summed E-state index contributed by atoms with van der Waals surface area (Å²) in [5.41, 5.74) is 0.985. The molecule has 2 fully saturated rings. The fourth-order valence-electron chi connectivity index (χ4n) is 3.37. The van der Waals surface area contributed by atoms with E-state index in [1.165, 1.54) is 6.07 Å². The first-order valence-corrected chi connectivity index (χ1v) is 7.49. The predicted octanol–water partition coefficient (Wildman–Crippen LogP) is 2.39. The number of halogens is 2. The van der Waals surface area contributed by atoms with Crippen molar-refractivity contribution in [1.82, 2.24) is 10.2 Å². The van der Waals surface area contributed by atoms with Crippen LogP contribution in [-0.4, -0.2) is 36.5 Å². The van der Waals surface area contributed by atoms with E-state index in [2.05, 4.69) is 5.32 Å². The first-order valence-electron chi connectivity index (χ1n) is 7.49. The lowest BCUT2D eigenvalue weighted by molar-refractivity contribution is -0.135. The monoisotopic (exact) mass is 312 g/mol. The fraction of sp³-hybridized carbons (Fsp3) is 0.562. The lowest BCUT2D eigenvalue weighted by Crippen LogP contribution is -2.41. The molecule has 0 saturated carbocycles. The van der Waals surface area contributed by atoms with Gasteiger partial charge in [0.05, 0.1) is 5.92 Å². The maximum Gasteiger partial charge on any atom is 0.227 e. The molecule has 0 radical (unpaired) electrons. The summed E-state index contributed by atoms with van der Waals surface area (Å²) in [6, 6.07) is 6.97. The third kappa shape index (κ3) is 3.74. The van der Waals surface area contributed by atoms with Gasteiger partial charge in [0, 0.05) is 19.1 Å². The molecule has 0 bridgehead atoms. The van der Waals surface area contributed by atoms with Crippen molar-refractivity contribution in [3.8, 4) is 0 Å². The van der Waals surface area contributed by atoms with Gasteiger partial charge in [-0.1, -0.05) is 12.1 Å². The molecule has 21 heavy (non-hydrogen) atoms. The molecular weight excluding hydrogens is 291 g/mol. The first kappa shape index (κ1) is 16.2. The second-order valence-electron chi connectivity index (χ2n) is 5.85. The van der Waals surface area contributed by atoms with Gasteiger partial charge in [-0.05, 0) is 49.9 Å². The van der Waals surface area contributed by atoms with Crippen LogP contribution in [0.15, 0.2) is 24.3 Å². The number of carbonyl (C=O) groups is 1. The van der Waals surface area contributed by atoms with Crippen molar-refractivity contribution >= 4 is 18.3 Å². The number of nitrogens with zero attached hydrogens (tertiary/aromatic N) is 1. The highest BCUT2D eigenvalue weighted by Gasteiger charge is 2.34. The molecule has 1 aromatic rings. The molecule has 2 heterocycles. The van der Waals surface area contributed by atoms with Crippen LogP contribution < -0.4 is 5.32 Å². The molecule has 2 saturated heterocycles. The molecule has 5 heteroatoms. The highest BCUT2D eigenvalue weighted by molar-refractivity contribution is 5.85. The van der Waals surface area contributed by atoms with Gasteiger partial charge in [-0.3, -0.25) is 4.79 Å². The molecule has 1 amide bonds. The molecule has 0 aromatic heterocycles. The maximum atomic E-state index is 13.3. The van der Waals surface area contributed by atoms with Crippen LogP contribution >= 0.6 is 12.4 Å². The SMILES string of the molecule is Cl.O=C(C1CCNC1)N1CCCC1Cc1cccc(F)c1. The van der Waals surface area contributed by atoms with Gasteiger partial charge < -0.3 is 10.2 Å². The van der Waals surface area contributed by atoms with Gasteiger partial charge >= 0.3 is 0 Å². The van der Waals surface area contributed by atoms with Gasteiger partial charge in [0.2, 0.25) is 5.91 Å². The average molecular weight is 313 g/mol. The number of hydrogen-bond donors (Lipinski definition) is 1. The molecule has 116 valence electrons. The van der Waals surface area contributed by atoms with Crippen LogP contribution in [0.5, 0.6) is 0 Å². The minimum Gasteiger partial charge on any atom is -0.339 e. The maximum absolute atomic E-state index is 13.3. The first-order chi connectivity index (χ1) is 9.74. The van der Waals surface area contributed by atoms with Crippen molar-refractivity contribution in [2.75, 3.05) is 19.6 Å². The van der Waals surface area contributed by atoms with E-state index >= 15 is 0 Å². The van der Waals surface area contributed by atoms with E-state index < -0.39 is 0 Å². The number of nitrogens with one attached hydrogen (secondary N) is 1. The molecule has 1 aromatic carbocycles. The minimum absolute atomic E-state index is 0. The summed E-state index contributed by atoms with van der Waals surface area (Å²) >= 11 is 0. The predicted molar refractivity (Wildman–Crippen MR) is 83.1 cm³/mol. The summed E-state index contributed by atoms with van der Waals surface area (Å²) in [6.07, 6.45) is 3.81. The summed E-state index contributed by atoms with van der Waals surface area (Å²) in [4.78, 5) is 14.6. The summed E-state index contributed by atoms with van der Waals surface area (Å²) in [5, 5.41) is 3.25. The zero-order valence-corrected chi connectivity index (χ0v) is 12.9. The van der Waals surface area contributed by atoms with Gasteiger partial charge in [0.1, 0.15) is 5.82 Å². The van der Waals surface area contributed by atoms with Gasteiger partial charge in [0.15, 0.2) is 0 Å². The number of benzene rings is 1. The van der Waals surface area contributed by atoms with E-state index in [1.807, 2.05) is 11.0 Å². The average Bonchev–Trinajstić information content (AvgIpc) is 3.09. The Balaban J connectivity index is 0.00000161. The van der Waals surface area contributed by atoms with E-state index in [0.29, 0.717) is 0 Å². The van der Waals surface area contributed by atoms with Crippen LogP contribution in [-0.2, 0) is 11.2 Å². The Morgan fingerprint density at radius 1 is 1.38 bits per heavy atom. The van der Waals surface area contributed by atoms with Crippen molar-refractivity contribution in [2.24, 2.45) is 5.92 Å². The fourth-order valence-corrected chi connectivity index (χ4v) is 3.37. The quantitative estimate of drug-likeness (QED) is 0.929. The molecule has 3 rings (SSSR count). The third-order valence-corrected chi connectivity index (χ3v) is 4.43. The molecule has 2 atom stereocenters. The second kappa shape index (κ2) is 7.23. The zero-order valence-electron chi connectivity index (χ0n) is 12.1. The molecule has 0 spiro atoms. The number of amides is 1. The molecule has 2 unspecified atom stereocenters. The van der Waals surface area contributed by atoms with E-state index in [4.69, 9.17) is 0 Å². The smallest absolute Gasteiger partial charge is 0.227 e. The van der Waals surface area contributed by atoms with Gasteiger partial charge in [-0.25, -0.2) is 4.39 Å². The van der Waals surface area contributed by atoms with E-state index in [0.717, 1.165) is 50.9 Å². The molecular formula is C16H22ClFN2O. The highest BCUT2D eigenvalue weighted by Crippen LogP contribution is 2.25. The van der Waals surface area contributed by atoms with Crippen LogP contribution in [0.25, 0.3) is 0 Å². The normalized spacial score (nSPS) is 24.9. The van der Waals surface area contributed by atoms with Gasteiger partial charge in [0.25, 0.3) is 0 Å². The van der Waals surface area contributed by atoms with E-state index in [1.54, 1.807) is 12.1 Å². The Morgan fingerprint density at radius 2 is 2.24 bits per heavy atom. The zero-order chi connectivity index (χ0) is 13.9. The molecule has 3 nitrogen and oxygen atoms in total. The topological polar surface area (TPSA) is 32.3 Å². The Kier molecular flexibility index (Phi) is 5.59. The Labute approximate surface area is 131 Å². The van der Waals surface area contributed by atoms with Crippen LogP contribution in [0.4, 0.5) is 4.39 Å². The third-order valence-electron chi connectivity index (χ3n) is 4.43. The Morgan fingerprint density at radius 3 is 2.95 bits per heavy atom. The summed E-state index contributed by atoms with van der Waals surface area (Å²) in [6.45, 7) is 2.61. The van der Waals surface area contributed by atoms with Crippen LogP contribution in [0.3, 0.4) is 0 Å². The van der Waals surface area contributed by atoms with Gasteiger partial charge in [-0.15, -0.1) is 12.4 Å². The van der Waals surface area contributed by atoms with E-state index in [-0.39, 0.29) is 36.1 Å². The summed E-state index contributed by atoms with van der Waals surface area (Å²) in [5.74, 6) is 0.232. The molecule has 2 aliphatic rings. The molecule has 2 aliphatic heterocycles. The van der Waals surface area contributed by atoms with Crippen LogP contribution in [0, 0.1) is 11.7 Å². The largest absolute Gasteiger partial charge is 0.339 e. The number of hydrogen-bond acceptors (Lipinski definition) is 2. The number of rotatable bonds is 3. The lowest BCUT2D eigenvalue weighted by Gasteiger charge is -2.27. The van der Waals surface area contributed by atoms with Crippen molar-refractivity contribution < 1.29 is 9.18 Å². The van der Waals surface area contributed by atoms with Crippen LogP contribution in [0.1, 0.15) is 24.8 Å². The van der Waals surface area contributed by atoms with Crippen LogP contribution in [0.2, 0.25) is 0 Å². The van der Waals surface area contributed by atoms with Crippen molar-refractivity contribution in [2.45, 2.75) is 31.7 Å². The van der Waals surface area contributed by atoms with Crippen molar-refractivity contribution in [1.29, 1.82) is 0 Å². The van der Waals surface area contributed by atoms with Crippen molar-refractivity contribution in [3.05, 3.63) is 35.6 Å². The minimum atomic E-state index is -0.196.